The maximum absolute atomic E-state index is 13.8. The molecule has 1 N–H and O–H groups in total. The smallest absolute Gasteiger partial charge is 0.256 e. The minimum absolute atomic E-state index is 0.174. The number of carbonyl (C=O) groups is 1. The summed E-state index contributed by atoms with van der Waals surface area (Å²) in [4.78, 5) is 14.1. The van der Waals surface area contributed by atoms with Gasteiger partial charge in [-0.2, -0.15) is 0 Å². The summed E-state index contributed by atoms with van der Waals surface area (Å²) in [5.74, 6) is -1.29. The predicted octanol–water partition coefficient (Wildman–Crippen LogP) is 2.82. The van der Waals surface area contributed by atoms with Crippen LogP contribution >= 0.6 is 0 Å². The second kappa shape index (κ2) is 7.50. The lowest BCUT2D eigenvalue weighted by molar-refractivity contribution is 0.0713. The van der Waals surface area contributed by atoms with E-state index in [-0.39, 0.29) is 5.56 Å². The molecule has 1 saturated heterocycles. The van der Waals surface area contributed by atoms with Crippen molar-refractivity contribution in [2.75, 3.05) is 26.2 Å². The second-order valence-electron chi connectivity index (χ2n) is 5.59. The number of piperidine rings is 1. The Balaban J connectivity index is 2.12. The van der Waals surface area contributed by atoms with Crippen LogP contribution in [0.2, 0.25) is 0 Å². The highest BCUT2D eigenvalue weighted by Crippen LogP contribution is 2.17. The van der Waals surface area contributed by atoms with Crippen molar-refractivity contribution in [1.82, 2.24) is 10.2 Å². The van der Waals surface area contributed by atoms with Gasteiger partial charge in [-0.25, -0.2) is 8.78 Å². The predicted molar refractivity (Wildman–Crippen MR) is 78.1 cm³/mol. The number of rotatable bonds is 5. The zero-order chi connectivity index (χ0) is 15.2. The summed E-state index contributed by atoms with van der Waals surface area (Å²) in [6, 6.07) is 3.02. The topological polar surface area (TPSA) is 32.3 Å². The van der Waals surface area contributed by atoms with Crippen LogP contribution in [-0.2, 0) is 0 Å². The molecule has 21 heavy (non-hydrogen) atoms. The largest absolute Gasteiger partial charge is 0.338 e. The molecule has 1 aliphatic rings. The summed E-state index contributed by atoms with van der Waals surface area (Å²) < 4.78 is 27.0. The van der Waals surface area contributed by atoms with E-state index in [0.29, 0.717) is 19.0 Å². The van der Waals surface area contributed by atoms with Crippen LogP contribution in [0.5, 0.6) is 0 Å². The average Bonchev–Trinajstić information content (AvgIpc) is 2.49. The number of nitrogens with one attached hydrogen (secondary N) is 1. The van der Waals surface area contributed by atoms with Crippen LogP contribution in [0.15, 0.2) is 18.2 Å². The van der Waals surface area contributed by atoms with Crippen LogP contribution in [0.25, 0.3) is 0 Å². The molecule has 1 heterocycles. The van der Waals surface area contributed by atoms with Gasteiger partial charge in [-0.3, -0.25) is 4.79 Å². The van der Waals surface area contributed by atoms with Gasteiger partial charge in [0.15, 0.2) is 0 Å². The summed E-state index contributed by atoms with van der Waals surface area (Å²) in [6.07, 6.45) is 2.95. The molecule has 1 aromatic rings. The summed E-state index contributed by atoms with van der Waals surface area (Å²) in [7, 11) is 0. The summed E-state index contributed by atoms with van der Waals surface area (Å²) in [6.45, 7) is 5.01. The van der Waals surface area contributed by atoms with E-state index in [4.69, 9.17) is 0 Å². The number of benzene rings is 1. The lowest BCUT2D eigenvalue weighted by atomic mass is 9.98. The van der Waals surface area contributed by atoms with Gasteiger partial charge in [0.2, 0.25) is 0 Å². The molecule has 0 aromatic heterocycles. The van der Waals surface area contributed by atoms with E-state index in [1.54, 1.807) is 4.90 Å². The number of nitrogens with zero attached hydrogens (tertiary/aromatic N) is 1. The molecule has 1 aromatic carbocycles. The molecule has 116 valence electrons. The molecule has 5 heteroatoms. The van der Waals surface area contributed by atoms with Crippen LogP contribution in [0.1, 0.15) is 36.5 Å². The fourth-order valence-corrected chi connectivity index (χ4v) is 2.77. The highest BCUT2D eigenvalue weighted by molar-refractivity contribution is 5.94. The van der Waals surface area contributed by atoms with E-state index >= 15 is 0 Å². The van der Waals surface area contributed by atoms with Crippen LogP contribution in [-0.4, -0.2) is 37.0 Å². The van der Waals surface area contributed by atoms with Crippen molar-refractivity contribution in [2.24, 2.45) is 5.92 Å². The Bertz CT molecular complexity index is 487. The maximum Gasteiger partial charge on any atom is 0.256 e. The lowest BCUT2D eigenvalue weighted by Gasteiger charge is -2.30. The molecule has 1 aliphatic heterocycles. The number of carbonyl (C=O) groups excluding carboxylic acids is 1. The van der Waals surface area contributed by atoms with Gasteiger partial charge in [-0.05, 0) is 56.5 Å². The molecule has 3 nitrogen and oxygen atoms in total. The number of hydrogen-bond donors (Lipinski definition) is 1. The van der Waals surface area contributed by atoms with Gasteiger partial charge < -0.3 is 10.2 Å². The molecule has 0 saturated carbocycles. The highest BCUT2D eigenvalue weighted by atomic mass is 19.1. The van der Waals surface area contributed by atoms with Crippen molar-refractivity contribution >= 4 is 5.91 Å². The highest BCUT2D eigenvalue weighted by Gasteiger charge is 2.23. The van der Waals surface area contributed by atoms with Crippen molar-refractivity contribution < 1.29 is 13.6 Å². The SMILES string of the molecule is CCCN(CC1CCCNC1)C(=O)c1cc(F)ccc1F. The summed E-state index contributed by atoms with van der Waals surface area (Å²) >= 11 is 0. The average molecular weight is 296 g/mol. The molecule has 1 fully saturated rings. The Morgan fingerprint density at radius 1 is 1.43 bits per heavy atom. The van der Waals surface area contributed by atoms with E-state index in [9.17, 15) is 13.6 Å². The molecule has 1 amide bonds. The van der Waals surface area contributed by atoms with Gasteiger partial charge in [-0.15, -0.1) is 0 Å². The first-order valence-corrected chi connectivity index (χ1v) is 7.57. The van der Waals surface area contributed by atoms with Crippen molar-refractivity contribution in [2.45, 2.75) is 26.2 Å². The molecular weight excluding hydrogens is 274 g/mol. The van der Waals surface area contributed by atoms with Crippen molar-refractivity contribution in [1.29, 1.82) is 0 Å². The van der Waals surface area contributed by atoms with Gasteiger partial charge in [0.05, 0.1) is 5.56 Å². The van der Waals surface area contributed by atoms with Gasteiger partial charge in [0, 0.05) is 13.1 Å². The molecule has 0 aliphatic carbocycles. The first kappa shape index (κ1) is 15.9. The minimum Gasteiger partial charge on any atom is -0.338 e. The Hall–Kier alpha value is -1.49. The molecule has 2 rings (SSSR count). The van der Waals surface area contributed by atoms with Crippen molar-refractivity contribution in [3.63, 3.8) is 0 Å². The Labute approximate surface area is 124 Å². The quantitative estimate of drug-likeness (QED) is 0.906. The molecular formula is C16H22F2N2O. The van der Waals surface area contributed by atoms with Gasteiger partial charge in [-0.1, -0.05) is 6.92 Å². The standard InChI is InChI=1S/C16H22F2N2O/c1-2-8-20(11-12-4-3-7-19-10-12)16(21)14-9-13(17)5-6-15(14)18/h5-6,9,12,19H,2-4,7-8,10-11H2,1H3. The molecule has 0 spiro atoms. The normalized spacial score (nSPS) is 18.5. The number of amides is 1. The van der Waals surface area contributed by atoms with Crippen molar-refractivity contribution in [3.05, 3.63) is 35.4 Å². The van der Waals surface area contributed by atoms with Gasteiger partial charge in [0.1, 0.15) is 11.6 Å². The van der Waals surface area contributed by atoms with E-state index in [1.807, 2.05) is 6.92 Å². The van der Waals surface area contributed by atoms with Crippen LogP contribution < -0.4 is 5.32 Å². The second-order valence-corrected chi connectivity index (χ2v) is 5.59. The lowest BCUT2D eigenvalue weighted by Crippen LogP contribution is -2.41. The van der Waals surface area contributed by atoms with Crippen molar-refractivity contribution in [3.8, 4) is 0 Å². The molecule has 0 bridgehead atoms. The third-order valence-electron chi connectivity index (χ3n) is 3.82. The zero-order valence-corrected chi connectivity index (χ0v) is 12.4. The maximum atomic E-state index is 13.8. The Morgan fingerprint density at radius 3 is 2.90 bits per heavy atom. The minimum atomic E-state index is -0.663. The van der Waals surface area contributed by atoms with Gasteiger partial charge >= 0.3 is 0 Å². The Kier molecular flexibility index (Phi) is 5.67. The molecule has 0 radical (unpaired) electrons. The van der Waals surface area contributed by atoms with Gasteiger partial charge in [0.25, 0.3) is 5.91 Å². The zero-order valence-electron chi connectivity index (χ0n) is 12.4. The fraction of sp³-hybridized carbons (Fsp3) is 0.562. The third-order valence-corrected chi connectivity index (χ3v) is 3.82. The van der Waals surface area contributed by atoms with E-state index in [2.05, 4.69) is 5.32 Å². The van der Waals surface area contributed by atoms with E-state index in [1.165, 1.54) is 0 Å². The third kappa shape index (κ3) is 4.24. The summed E-state index contributed by atoms with van der Waals surface area (Å²) in [5.41, 5.74) is -0.174. The first-order valence-electron chi connectivity index (χ1n) is 7.57. The monoisotopic (exact) mass is 296 g/mol. The fourth-order valence-electron chi connectivity index (χ4n) is 2.77. The summed E-state index contributed by atoms with van der Waals surface area (Å²) in [5, 5.41) is 3.31. The molecule has 1 atom stereocenters. The number of hydrogen-bond acceptors (Lipinski definition) is 2. The van der Waals surface area contributed by atoms with Crippen LogP contribution in [0.4, 0.5) is 8.78 Å². The Morgan fingerprint density at radius 2 is 2.24 bits per heavy atom. The molecule has 1 unspecified atom stereocenters. The first-order chi connectivity index (χ1) is 10.1. The van der Waals surface area contributed by atoms with Crippen LogP contribution in [0.3, 0.4) is 0 Å². The van der Waals surface area contributed by atoms with E-state index < -0.39 is 17.5 Å². The number of halogens is 2. The van der Waals surface area contributed by atoms with Crippen LogP contribution in [0, 0.1) is 17.6 Å². The van der Waals surface area contributed by atoms with E-state index in [0.717, 1.165) is 50.6 Å².